The molecule has 1 atom stereocenters. The zero-order chi connectivity index (χ0) is 27.8. The molecule has 0 aliphatic carbocycles. The first-order valence-corrected chi connectivity index (χ1v) is 14.6. The van der Waals surface area contributed by atoms with Gasteiger partial charge in [0, 0.05) is 48.4 Å². The average molecular weight is 599 g/mol. The first kappa shape index (κ1) is 35.0. The monoisotopic (exact) mass is 597 g/mol. The lowest BCUT2D eigenvalue weighted by Gasteiger charge is -2.26. The van der Waals surface area contributed by atoms with E-state index in [4.69, 9.17) is 32.7 Å². The van der Waals surface area contributed by atoms with Crippen molar-refractivity contribution in [1.82, 2.24) is 4.90 Å². The van der Waals surface area contributed by atoms with Crippen molar-refractivity contribution in [3.05, 3.63) is 71.8 Å². The van der Waals surface area contributed by atoms with Gasteiger partial charge in [-0.25, -0.2) is 0 Å². The number of carbonyl (C=O) groups excluding carboxylic acids is 2. The van der Waals surface area contributed by atoms with Gasteiger partial charge in [0.2, 0.25) is 0 Å². The van der Waals surface area contributed by atoms with Crippen molar-refractivity contribution in [3.63, 3.8) is 0 Å². The summed E-state index contributed by atoms with van der Waals surface area (Å²) in [7, 11) is 0. The van der Waals surface area contributed by atoms with Crippen LogP contribution >= 0.6 is 35.6 Å². The summed E-state index contributed by atoms with van der Waals surface area (Å²) in [5, 5.41) is 0. The minimum atomic E-state index is -0.471. The van der Waals surface area contributed by atoms with E-state index in [1.807, 2.05) is 12.1 Å². The van der Waals surface area contributed by atoms with Gasteiger partial charge in [-0.2, -0.15) is 0 Å². The molecule has 0 aliphatic heterocycles. The van der Waals surface area contributed by atoms with Crippen molar-refractivity contribution >= 4 is 47.2 Å². The Labute approximate surface area is 250 Å². The summed E-state index contributed by atoms with van der Waals surface area (Å²) >= 11 is 12.0. The van der Waals surface area contributed by atoms with E-state index in [2.05, 4.69) is 25.3 Å². The quantitative estimate of drug-likeness (QED) is 0.0672. The molecule has 216 valence electrons. The van der Waals surface area contributed by atoms with Crippen LogP contribution < -0.4 is 9.47 Å². The number of ether oxygens (including phenoxy) is 2. The number of benzene rings is 2. The van der Waals surface area contributed by atoms with E-state index < -0.39 is 5.92 Å². The topological polar surface area (TPSA) is 55.8 Å². The lowest BCUT2D eigenvalue weighted by molar-refractivity contribution is 0.0880. The Kier molecular flexibility index (Phi) is 17.9. The van der Waals surface area contributed by atoms with Crippen LogP contribution in [0, 0.1) is 5.92 Å². The molecule has 0 heterocycles. The molecular weight excluding hydrogens is 557 g/mol. The van der Waals surface area contributed by atoms with E-state index in [0.29, 0.717) is 61.3 Å². The minimum absolute atomic E-state index is 0. The summed E-state index contributed by atoms with van der Waals surface area (Å²) < 4.78 is 11.4. The average Bonchev–Trinajstić information content (AvgIpc) is 2.93. The molecule has 0 amide bonds. The van der Waals surface area contributed by atoms with E-state index in [1.54, 1.807) is 36.4 Å². The highest BCUT2D eigenvalue weighted by Gasteiger charge is 2.26. The molecule has 0 fully saturated rings. The maximum Gasteiger partial charge on any atom is 0.188 e. The van der Waals surface area contributed by atoms with Crippen LogP contribution in [0.4, 0.5) is 0 Å². The van der Waals surface area contributed by atoms with Crippen LogP contribution in [0.5, 0.6) is 11.5 Å². The zero-order valence-electron chi connectivity index (χ0n) is 23.1. The van der Waals surface area contributed by atoms with E-state index in [0.717, 1.165) is 37.2 Å². The maximum absolute atomic E-state index is 13.6. The Hall–Kier alpha value is -2.05. The molecule has 39 heavy (non-hydrogen) atoms. The molecule has 2 aromatic rings. The predicted molar refractivity (Wildman–Crippen MR) is 165 cm³/mol. The molecule has 0 saturated carbocycles. The number of ketones is 2. The van der Waals surface area contributed by atoms with Crippen molar-refractivity contribution in [2.45, 2.75) is 46.0 Å². The smallest absolute Gasteiger partial charge is 0.188 e. The van der Waals surface area contributed by atoms with E-state index in [-0.39, 0.29) is 30.4 Å². The normalized spacial score (nSPS) is 11.5. The summed E-state index contributed by atoms with van der Waals surface area (Å²) in [6, 6.07) is 14.3. The minimum Gasteiger partial charge on any atom is -0.494 e. The molecule has 0 aliphatic rings. The van der Waals surface area contributed by atoms with Gasteiger partial charge in [0.05, 0.1) is 13.2 Å². The Morgan fingerprint density at radius 2 is 1.28 bits per heavy atom. The van der Waals surface area contributed by atoms with Crippen molar-refractivity contribution in [2.75, 3.05) is 44.6 Å². The summed E-state index contributed by atoms with van der Waals surface area (Å²) in [5.74, 6) is 1.62. The molecule has 8 heteroatoms. The predicted octanol–water partition coefficient (Wildman–Crippen LogP) is 7.87. The molecule has 0 N–H and O–H groups in total. The number of Topliss-reactive ketones (excluding diaryl/α,β-unsaturated/α-hetero) is 2. The molecule has 0 saturated heterocycles. The molecule has 5 nitrogen and oxygen atoms in total. The third-order valence-electron chi connectivity index (χ3n) is 6.25. The summed E-state index contributed by atoms with van der Waals surface area (Å²) in [6.07, 6.45) is 4.30. The molecular formula is C31H42Cl3NO4. The highest BCUT2D eigenvalue weighted by molar-refractivity contribution is 6.18. The van der Waals surface area contributed by atoms with E-state index in [1.165, 1.54) is 0 Å². The number of carbonyl (C=O) groups is 2. The largest absolute Gasteiger partial charge is 0.494 e. The number of unbranched alkanes of at least 4 members (excludes halogenated alkanes) is 2. The van der Waals surface area contributed by atoms with Crippen LogP contribution in [0.15, 0.2) is 60.7 Å². The van der Waals surface area contributed by atoms with E-state index in [9.17, 15) is 9.59 Å². The second-order valence-electron chi connectivity index (χ2n) is 9.33. The van der Waals surface area contributed by atoms with Gasteiger partial charge >= 0.3 is 0 Å². The molecule has 2 rings (SSSR count). The van der Waals surface area contributed by atoms with Gasteiger partial charge in [-0.3, -0.25) is 9.59 Å². The second-order valence-corrected chi connectivity index (χ2v) is 10.1. The van der Waals surface area contributed by atoms with Crippen LogP contribution in [-0.4, -0.2) is 61.1 Å². The van der Waals surface area contributed by atoms with Crippen molar-refractivity contribution in [2.24, 2.45) is 5.92 Å². The number of rotatable bonds is 20. The zero-order valence-corrected chi connectivity index (χ0v) is 25.5. The standard InChI is InChI=1S/C31H41Cl2NO4.ClH/c1-4-6-20-37-28-12-8-25(9-13-28)30(35)24(3)22-27(23-34(18-16-32)19-17-33)31(36)26-10-14-29(15-11-26)38-21-7-5-2;/h8-15,27H,3-7,16-23H2,1-2H3;1H. The van der Waals surface area contributed by atoms with Crippen LogP contribution in [0.25, 0.3) is 0 Å². The second kappa shape index (κ2) is 19.9. The van der Waals surface area contributed by atoms with Crippen LogP contribution in [0.2, 0.25) is 0 Å². The van der Waals surface area contributed by atoms with Crippen molar-refractivity contribution in [3.8, 4) is 11.5 Å². The third kappa shape index (κ3) is 12.3. The Bertz CT molecular complexity index is 990. The highest BCUT2D eigenvalue weighted by atomic mass is 35.5. The fourth-order valence-electron chi connectivity index (χ4n) is 4.00. The summed E-state index contributed by atoms with van der Waals surface area (Å²) in [4.78, 5) is 28.9. The number of alkyl halides is 2. The van der Waals surface area contributed by atoms with Gasteiger partial charge in [-0.15, -0.1) is 35.6 Å². The number of hydrogen-bond donors (Lipinski definition) is 0. The summed E-state index contributed by atoms with van der Waals surface area (Å²) in [6.45, 7) is 11.2. The first-order chi connectivity index (χ1) is 18.4. The highest BCUT2D eigenvalue weighted by Crippen LogP contribution is 2.24. The lowest BCUT2D eigenvalue weighted by Crippen LogP contribution is -2.36. The molecule has 0 radical (unpaired) electrons. The fourth-order valence-corrected chi connectivity index (χ4v) is 4.48. The number of allylic oxidation sites excluding steroid dienone is 1. The van der Waals surface area contributed by atoms with Gasteiger partial charge < -0.3 is 14.4 Å². The Balaban J connectivity index is 0.00000760. The fraction of sp³-hybridized carbons (Fsp3) is 0.484. The molecule has 1 unspecified atom stereocenters. The van der Waals surface area contributed by atoms with Crippen molar-refractivity contribution in [1.29, 1.82) is 0 Å². The van der Waals surface area contributed by atoms with Crippen LogP contribution in [-0.2, 0) is 0 Å². The van der Waals surface area contributed by atoms with Gasteiger partial charge in [-0.1, -0.05) is 33.3 Å². The maximum atomic E-state index is 13.6. The number of halogens is 3. The van der Waals surface area contributed by atoms with Gasteiger partial charge in [0.25, 0.3) is 0 Å². The van der Waals surface area contributed by atoms with Gasteiger partial charge in [0.15, 0.2) is 11.6 Å². The lowest BCUT2D eigenvalue weighted by atomic mass is 9.88. The van der Waals surface area contributed by atoms with Crippen LogP contribution in [0.3, 0.4) is 0 Å². The van der Waals surface area contributed by atoms with Crippen LogP contribution in [0.1, 0.15) is 66.7 Å². The SMILES string of the molecule is C=C(CC(CN(CCCl)CCCl)C(=O)c1ccc(OCCCC)cc1)C(=O)c1ccc(OCCCC)cc1.Cl. The number of nitrogens with zero attached hydrogens (tertiary/aromatic N) is 1. The third-order valence-corrected chi connectivity index (χ3v) is 6.59. The van der Waals surface area contributed by atoms with Gasteiger partial charge in [-0.05, 0) is 73.4 Å². The molecule has 0 bridgehead atoms. The van der Waals surface area contributed by atoms with Gasteiger partial charge in [0.1, 0.15) is 11.5 Å². The van der Waals surface area contributed by atoms with Crippen molar-refractivity contribution < 1.29 is 19.1 Å². The Morgan fingerprint density at radius 1 is 0.821 bits per heavy atom. The molecule has 0 spiro atoms. The Morgan fingerprint density at radius 3 is 1.72 bits per heavy atom. The van der Waals surface area contributed by atoms with E-state index >= 15 is 0 Å². The number of hydrogen-bond acceptors (Lipinski definition) is 5. The summed E-state index contributed by atoms with van der Waals surface area (Å²) in [5.41, 5.74) is 1.48. The molecule has 2 aromatic carbocycles. The molecule has 0 aromatic heterocycles. The first-order valence-electron chi connectivity index (χ1n) is 13.5.